The number of nitrogens with zero attached hydrogens (tertiary/aromatic N) is 1. The Balaban J connectivity index is 2.14. The Morgan fingerprint density at radius 1 is 1.61 bits per heavy atom. The molecule has 1 aliphatic rings. The number of quaternary nitrogens is 1. The average molecular weight is 264 g/mol. The van der Waals surface area contributed by atoms with Gasteiger partial charge in [-0.15, -0.1) is 0 Å². The monoisotopic (exact) mass is 264 g/mol. The van der Waals surface area contributed by atoms with E-state index in [0.717, 1.165) is 5.56 Å². The number of ether oxygens (including phenoxy) is 1. The fraction of sp³-hybridized carbons (Fsp3) is 0.333. The number of hydrogen-bond acceptors (Lipinski definition) is 5. The van der Waals surface area contributed by atoms with Gasteiger partial charge in [-0.3, -0.25) is 0 Å². The van der Waals surface area contributed by atoms with Crippen molar-refractivity contribution < 1.29 is 20.0 Å². The number of nitriles is 1. The Morgan fingerprint density at radius 2 is 2.39 bits per heavy atom. The Kier molecular flexibility index (Phi) is 4.07. The van der Waals surface area contributed by atoms with Crippen LogP contribution in [0.1, 0.15) is 10.9 Å². The summed E-state index contributed by atoms with van der Waals surface area (Å²) in [5, 5.41) is 21.1. The van der Waals surface area contributed by atoms with Crippen LogP contribution in [0, 0.1) is 11.3 Å². The molecule has 0 amide bonds. The number of aliphatic carboxylic acids is 1. The minimum atomic E-state index is -1.04. The highest BCUT2D eigenvalue weighted by atomic mass is 32.2. The summed E-state index contributed by atoms with van der Waals surface area (Å²) in [5.74, 6) is 0.103. The molecule has 1 aromatic carbocycles. The second kappa shape index (κ2) is 5.76. The third kappa shape index (κ3) is 2.75. The third-order valence-corrected chi connectivity index (χ3v) is 4.00. The van der Waals surface area contributed by atoms with Crippen molar-refractivity contribution in [2.75, 3.05) is 12.4 Å². The molecule has 94 valence electrons. The van der Waals surface area contributed by atoms with E-state index in [-0.39, 0.29) is 12.0 Å². The summed E-state index contributed by atoms with van der Waals surface area (Å²) in [5.41, 5.74) is 0.904. The molecule has 18 heavy (non-hydrogen) atoms. The van der Waals surface area contributed by atoms with Crippen molar-refractivity contribution in [2.45, 2.75) is 11.4 Å². The van der Waals surface area contributed by atoms with E-state index >= 15 is 0 Å². The maximum Gasteiger partial charge on any atom is 0.174 e. The molecule has 0 aliphatic carbocycles. The summed E-state index contributed by atoms with van der Waals surface area (Å²) in [6, 6.07) is 8.76. The van der Waals surface area contributed by atoms with E-state index in [4.69, 9.17) is 10.00 Å². The lowest BCUT2D eigenvalue weighted by atomic mass is 10.2. The molecule has 0 unspecified atom stereocenters. The normalized spacial score (nSPS) is 22.4. The molecule has 2 rings (SSSR count). The van der Waals surface area contributed by atoms with Crippen molar-refractivity contribution in [3.8, 4) is 11.8 Å². The van der Waals surface area contributed by atoms with Crippen molar-refractivity contribution in [3.05, 3.63) is 29.8 Å². The van der Waals surface area contributed by atoms with Gasteiger partial charge in [0, 0.05) is 0 Å². The first-order valence-electron chi connectivity index (χ1n) is 5.48. The van der Waals surface area contributed by atoms with Gasteiger partial charge in [0.1, 0.15) is 23.8 Å². The summed E-state index contributed by atoms with van der Waals surface area (Å²) >= 11 is 1.54. The van der Waals surface area contributed by atoms with Gasteiger partial charge in [0.25, 0.3) is 0 Å². The Labute approximate surface area is 109 Å². The molecule has 2 N–H and O–H groups in total. The van der Waals surface area contributed by atoms with Crippen molar-refractivity contribution in [1.29, 1.82) is 5.26 Å². The van der Waals surface area contributed by atoms with Gasteiger partial charge >= 0.3 is 0 Å². The van der Waals surface area contributed by atoms with E-state index in [1.807, 2.05) is 24.3 Å². The number of para-hydroxylation sites is 1. The maximum absolute atomic E-state index is 10.8. The lowest BCUT2D eigenvalue weighted by Crippen LogP contribution is -2.90. The number of carboxylic acid groups (broad SMARTS) is 1. The largest absolute Gasteiger partial charge is 0.544 e. The molecule has 0 spiro atoms. The molecule has 5 nitrogen and oxygen atoms in total. The van der Waals surface area contributed by atoms with Gasteiger partial charge in [-0.25, -0.2) is 0 Å². The zero-order valence-electron chi connectivity index (χ0n) is 9.54. The number of carboxylic acids is 1. The first-order valence-corrected chi connectivity index (χ1v) is 6.53. The summed E-state index contributed by atoms with van der Waals surface area (Å²) in [6.45, 7) is -0.0156. The van der Waals surface area contributed by atoms with Crippen LogP contribution in [0.3, 0.4) is 0 Å². The number of carbonyl (C=O) groups excluding carboxylic acids is 1. The van der Waals surface area contributed by atoms with Gasteiger partial charge in [0.2, 0.25) is 0 Å². The molecule has 1 aliphatic heterocycles. The molecule has 0 aromatic heterocycles. The Hall–Kier alpha value is -1.71. The number of benzene rings is 1. The standard InChI is InChI=1S/C12H12N2O3S/c13-5-6-17-10-4-2-1-3-8(10)11-14-9(7-18-11)12(15)16/h1-4,9,11,14H,6-7H2,(H,15,16)/t9-,11+/m1/s1. The van der Waals surface area contributed by atoms with Crippen LogP contribution in [0.2, 0.25) is 0 Å². The maximum atomic E-state index is 10.8. The molecule has 6 heteroatoms. The fourth-order valence-electron chi connectivity index (χ4n) is 1.83. The van der Waals surface area contributed by atoms with E-state index < -0.39 is 12.0 Å². The van der Waals surface area contributed by atoms with Crippen LogP contribution in [0.15, 0.2) is 24.3 Å². The van der Waals surface area contributed by atoms with E-state index in [9.17, 15) is 9.90 Å². The summed E-state index contributed by atoms with van der Waals surface area (Å²) in [6.07, 6.45) is 0. The highest BCUT2D eigenvalue weighted by Crippen LogP contribution is 2.32. The van der Waals surface area contributed by atoms with Crippen molar-refractivity contribution in [2.24, 2.45) is 0 Å². The topological polar surface area (TPSA) is 89.8 Å². The highest BCUT2D eigenvalue weighted by Gasteiger charge is 2.32. The summed E-state index contributed by atoms with van der Waals surface area (Å²) in [4.78, 5) is 10.8. The number of thioether (sulfide) groups is 1. The molecule has 0 radical (unpaired) electrons. The predicted octanol–water partition coefficient (Wildman–Crippen LogP) is -0.984. The average Bonchev–Trinajstić information content (AvgIpc) is 2.86. The molecular formula is C12H12N2O3S. The lowest BCUT2D eigenvalue weighted by molar-refractivity contribution is -0.690. The first kappa shape index (κ1) is 12.7. The number of carbonyl (C=O) groups is 1. The summed E-state index contributed by atoms with van der Waals surface area (Å²) < 4.78 is 5.34. The molecule has 2 atom stereocenters. The quantitative estimate of drug-likeness (QED) is 0.754. The van der Waals surface area contributed by atoms with Crippen LogP contribution in [0.4, 0.5) is 0 Å². The van der Waals surface area contributed by atoms with Crippen molar-refractivity contribution in [1.82, 2.24) is 0 Å². The van der Waals surface area contributed by atoms with Crippen LogP contribution in [-0.2, 0) is 4.79 Å². The van der Waals surface area contributed by atoms with Gasteiger partial charge in [-0.05, 0) is 12.1 Å². The first-order chi connectivity index (χ1) is 8.72. The highest BCUT2D eigenvalue weighted by molar-refractivity contribution is 7.99. The predicted molar refractivity (Wildman–Crippen MR) is 63.5 cm³/mol. The van der Waals surface area contributed by atoms with Gasteiger partial charge in [0.15, 0.2) is 12.0 Å². The molecular weight excluding hydrogens is 252 g/mol. The van der Waals surface area contributed by atoms with Gasteiger partial charge in [0.05, 0.1) is 11.3 Å². The number of nitrogens with two attached hydrogens (primary N) is 1. The number of hydrogen-bond donors (Lipinski definition) is 1. The van der Waals surface area contributed by atoms with Gasteiger partial charge in [-0.1, -0.05) is 23.9 Å². The second-order valence-corrected chi connectivity index (χ2v) is 5.03. The second-order valence-electron chi connectivity index (χ2n) is 3.86. The zero-order chi connectivity index (χ0) is 13.0. The van der Waals surface area contributed by atoms with Gasteiger partial charge < -0.3 is 20.0 Å². The Morgan fingerprint density at radius 3 is 3.06 bits per heavy atom. The molecule has 0 bridgehead atoms. The summed E-state index contributed by atoms with van der Waals surface area (Å²) in [7, 11) is 0. The van der Waals surface area contributed by atoms with Crippen LogP contribution < -0.4 is 15.2 Å². The Bertz CT molecular complexity index is 486. The molecule has 1 saturated heterocycles. The number of rotatable bonds is 4. The smallest absolute Gasteiger partial charge is 0.174 e. The van der Waals surface area contributed by atoms with Crippen LogP contribution in [0.5, 0.6) is 5.75 Å². The van der Waals surface area contributed by atoms with Crippen molar-refractivity contribution in [3.63, 3.8) is 0 Å². The molecule has 1 heterocycles. The van der Waals surface area contributed by atoms with E-state index in [1.165, 1.54) is 0 Å². The minimum Gasteiger partial charge on any atom is -0.544 e. The van der Waals surface area contributed by atoms with Crippen LogP contribution in [-0.4, -0.2) is 24.4 Å². The van der Waals surface area contributed by atoms with Crippen molar-refractivity contribution >= 4 is 17.7 Å². The zero-order valence-corrected chi connectivity index (χ0v) is 10.4. The van der Waals surface area contributed by atoms with Gasteiger partial charge in [-0.2, -0.15) is 5.26 Å². The van der Waals surface area contributed by atoms with Crippen LogP contribution >= 0.6 is 11.8 Å². The van der Waals surface area contributed by atoms with E-state index in [1.54, 1.807) is 23.1 Å². The molecule has 1 aromatic rings. The minimum absolute atomic E-state index is 0.0156. The molecule has 1 fully saturated rings. The molecule has 0 saturated carbocycles. The fourth-order valence-corrected chi connectivity index (χ4v) is 3.16. The van der Waals surface area contributed by atoms with Crippen LogP contribution in [0.25, 0.3) is 0 Å². The third-order valence-electron chi connectivity index (χ3n) is 2.68. The van der Waals surface area contributed by atoms with E-state index in [0.29, 0.717) is 11.5 Å². The lowest BCUT2D eigenvalue weighted by Gasteiger charge is -2.14. The SMILES string of the molecule is N#CCOc1ccccc1[C@H]1[NH2+][C@@H](C(=O)[O-])CS1. The van der Waals surface area contributed by atoms with E-state index in [2.05, 4.69) is 0 Å².